The number of hydrogen-bond donors (Lipinski definition) is 3. The van der Waals surface area contributed by atoms with Crippen molar-refractivity contribution < 1.29 is 24.9 Å². The molecule has 30 heavy (non-hydrogen) atoms. The second-order valence-corrected chi connectivity index (χ2v) is 8.16. The predicted molar refractivity (Wildman–Crippen MR) is 120 cm³/mol. The van der Waals surface area contributed by atoms with Gasteiger partial charge in [-0.05, 0) is 25.7 Å². The van der Waals surface area contributed by atoms with Crippen molar-refractivity contribution in [3.05, 3.63) is 0 Å². The van der Waals surface area contributed by atoms with Crippen LogP contribution in [0, 0.1) is 11.8 Å². The molecule has 0 aliphatic heterocycles. The molecule has 0 fully saturated rings. The first-order valence-electron chi connectivity index (χ1n) is 11.9. The highest BCUT2D eigenvalue weighted by atomic mass is 16.3. The summed E-state index contributed by atoms with van der Waals surface area (Å²) in [5.74, 6) is -0.322. The fourth-order valence-corrected chi connectivity index (χ4v) is 3.81. The first-order valence-corrected chi connectivity index (χ1v) is 11.9. The largest absolute Gasteiger partial charge is 0.395 e. The van der Waals surface area contributed by atoms with Crippen LogP contribution in [0.4, 0.5) is 0 Å². The molecule has 3 N–H and O–H groups in total. The SMILES string of the molecule is CCCCC(CC)C(=O)N(CCO)CC(O)CN(CCO)C(=O)C(CC)CCCC. The highest BCUT2D eigenvalue weighted by Gasteiger charge is 2.27. The first-order chi connectivity index (χ1) is 14.4. The van der Waals surface area contributed by atoms with Gasteiger partial charge in [-0.2, -0.15) is 0 Å². The second kappa shape index (κ2) is 17.5. The molecule has 0 aromatic carbocycles. The van der Waals surface area contributed by atoms with Crippen molar-refractivity contribution in [2.75, 3.05) is 39.4 Å². The lowest BCUT2D eigenvalue weighted by molar-refractivity contribution is -0.140. The van der Waals surface area contributed by atoms with Crippen molar-refractivity contribution >= 4 is 11.8 Å². The molecule has 0 aliphatic carbocycles. The van der Waals surface area contributed by atoms with E-state index in [1.807, 2.05) is 13.8 Å². The van der Waals surface area contributed by atoms with Crippen LogP contribution in [0.3, 0.4) is 0 Å². The molecular formula is C23H46N2O5. The van der Waals surface area contributed by atoms with E-state index in [4.69, 9.17) is 0 Å². The second-order valence-electron chi connectivity index (χ2n) is 8.16. The van der Waals surface area contributed by atoms with Crippen molar-refractivity contribution in [1.82, 2.24) is 9.80 Å². The fraction of sp³-hybridized carbons (Fsp3) is 0.913. The average molecular weight is 431 g/mol. The molecule has 2 amide bonds. The van der Waals surface area contributed by atoms with Crippen LogP contribution in [-0.2, 0) is 9.59 Å². The van der Waals surface area contributed by atoms with Crippen LogP contribution in [0.25, 0.3) is 0 Å². The molecule has 0 aliphatic rings. The van der Waals surface area contributed by atoms with E-state index in [1.54, 1.807) is 0 Å². The maximum Gasteiger partial charge on any atom is 0.225 e. The summed E-state index contributed by atoms with van der Waals surface area (Å²) in [6.45, 7) is 8.27. The fourth-order valence-electron chi connectivity index (χ4n) is 3.81. The van der Waals surface area contributed by atoms with Gasteiger partial charge in [-0.25, -0.2) is 0 Å². The summed E-state index contributed by atoms with van der Waals surface area (Å²) >= 11 is 0. The van der Waals surface area contributed by atoms with Crippen molar-refractivity contribution in [3.8, 4) is 0 Å². The van der Waals surface area contributed by atoms with E-state index in [0.717, 1.165) is 51.4 Å². The Morgan fingerprint density at radius 1 is 0.733 bits per heavy atom. The maximum absolute atomic E-state index is 12.9. The standard InChI is InChI=1S/C23H46N2O5/c1-5-9-11-19(7-3)22(29)24(13-15-26)17-21(28)18-25(14-16-27)23(30)20(8-4)12-10-6-2/h19-21,26-28H,5-18H2,1-4H3. The van der Waals surface area contributed by atoms with Crippen LogP contribution < -0.4 is 0 Å². The van der Waals surface area contributed by atoms with Crippen LogP contribution >= 0.6 is 0 Å². The van der Waals surface area contributed by atoms with Gasteiger partial charge in [0.15, 0.2) is 0 Å². The average Bonchev–Trinajstić information content (AvgIpc) is 2.73. The van der Waals surface area contributed by atoms with E-state index in [0.29, 0.717) is 0 Å². The van der Waals surface area contributed by atoms with Crippen LogP contribution in [0.15, 0.2) is 0 Å². The van der Waals surface area contributed by atoms with Crippen molar-refractivity contribution in [2.24, 2.45) is 11.8 Å². The summed E-state index contributed by atoms with van der Waals surface area (Å²) in [7, 11) is 0. The van der Waals surface area contributed by atoms with E-state index >= 15 is 0 Å². The molecule has 2 atom stereocenters. The molecular weight excluding hydrogens is 384 g/mol. The molecule has 0 aromatic heterocycles. The number of nitrogens with zero attached hydrogens (tertiary/aromatic N) is 2. The Hall–Kier alpha value is -1.18. The number of aliphatic hydroxyl groups is 3. The summed E-state index contributed by atoms with van der Waals surface area (Å²) < 4.78 is 0. The van der Waals surface area contributed by atoms with E-state index < -0.39 is 6.10 Å². The van der Waals surface area contributed by atoms with Gasteiger partial charge in [0.25, 0.3) is 0 Å². The lowest BCUT2D eigenvalue weighted by atomic mass is 9.97. The van der Waals surface area contributed by atoms with E-state index in [-0.39, 0.29) is 63.0 Å². The van der Waals surface area contributed by atoms with Crippen molar-refractivity contribution in [3.63, 3.8) is 0 Å². The van der Waals surface area contributed by atoms with Gasteiger partial charge in [0.2, 0.25) is 11.8 Å². The lowest BCUT2D eigenvalue weighted by Gasteiger charge is -2.32. The Morgan fingerprint density at radius 2 is 1.10 bits per heavy atom. The molecule has 0 heterocycles. The number of hydrogen-bond acceptors (Lipinski definition) is 5. The molecule has 0 radical (unpaired) electrons. The van der Waals surface area contributed by atoms with Gasteiger partial charge in [-0.1, -0.05) is 53.4 Å². The third-order valence-corrected chi connectivity index (χ3v) is 5.72. The molecule has 0 spiro atoms. The normalized spacial score (nSPS) is 14.2. The number of amides is 2. The third kappa shape index (κ3) is 10.7. The van der Waals surface area contributed by atoms with Gasteiger partial charge in [0.1, 0.15) is 0 Å². The minimum Gasteiger partial charge on any atom is -0.395 e. The van der Waals surface area contributed by atoms with Gasteiger partial charge in [-0.15, -0.1) is 0 Å². The van der Waals surface area contributed by atoms with Gasteiger partial charge < -0.3 is 25.1 Å². The van der Waals surface area contributed by atoms with E-state index in [1.165, 1.54) is 9.80 Å². The molecule has 7 nitrogen and oxygen atoms in total. The number of carbonyl (C=O) groups is 2. The van der Waals surface area contributed by atoms with Crippen molar-refractivity contribution in [1.29, 1.82) is 0 Å². The summed E-state index contributed by atoms with van der Waals surface area (Å²) in [6, 6.07) is 0. The first kappa shape index (κ1) is 28.8. The van der Waals surface area contributed by atoms with E-state index in [9.17, 15) is 24.9 Å². The summed E-state index contributed by atoms with van der Waals surface area (Å²) in [5.41, 5.74) is 0. The minimum absolute atomic E-state index is 0.0477. The Morgan fingerprint density at radius 3 is 1.37 bits per heavy atom. The summed E-state index contributed by atoms with van der Waals surface area (Å²) in [4.78, 5) is 28.9. The zero-order chi connectivity index (χ0) is 22.9. The van der Waals surface area contributed by atoms with Crippen LogP contribution in [0.2, 0.25) is 0 Å². The van der Waals surface area contributed by atoms with Crippen molar-refractivity contribution in [2.45, 2.75) is 85.2 Å². The zero-order valence-corrected chi connectivity index (χ0v) is 19.7. The maximum atomic E-state index is 12.9. The lowest BCUT2D eigenvalue weighted by Crippen LogP contribution is -2.48. The minimum atomic E-state index is -0.927. The Bertz CT molecular complexity index is 421. The Balaban J connectivity index is 5.11. The highest BCUT2D eigenvalue weighted by Crippen LogP contribution is 2.18. The molecule has 0 bridgehead atoms. The predicted octanol–water partition coefficient (Wildman–Crippen LogP) is 2.42. The highest BCUT2D eigenvalue weighted by molar-refractivity contribution is 5.79. The van der Waals surface area contributed by atoms with Crippen LogP contribution in [0.5, 0.6) is 0 Å². The van der Waals surface area contributed by atoms with Crippen LogP contribution in [-0.4, -0.2) is 82.4 Å². The Kier molecular flexibility index (Phi) is 16.8. The molecule has 7 heteroatoms. The molecule has 0 saturated heterocycles. The van der Waals surface area contributed by atoms with Gasteiger partial charge >= 0.3 is 0 Å². The summed E-state index contributed by atoms with van der Waals surface area (Å²) in [5, 5.41) is 29.4. The zero-order valence-electron chi connectivity index (χ0n) is 19.7. The van der Waals surface area contributed by atoms with Crippen LogP contribution in [0.1, 0.15) is 79.1 Å². The van der Waals surface area contributed by atoms with Gasteiger partial charge in [-0.3, -0.25) is 9.59 Å². The molecule has 0 aromatic rings. The monoisotopic (exact) mass is 430 g/mol. The van der Waals surface area contributed by atoms with E-state index in [2.05, 4.69) is 13.8 Å². The smallest absolute Gasteiger partial charge is 0.225 e. The summed E-state index contributed by atoms with van der Waals surface area (Å²) in [6.07, 6.45) is 6.08. The number of unbranched alkanes of at least 4 members (excludes halogenated alkanes) is 2. The van der Waals surface area contributed by atoms with Gasteiger partial charge in [0, 0.05) is 38.0 Å². The molecule has 2 unspecified atom stereocenters. The third-order valence-electron chi connectivity index (χ3n) is 5.72. The number of aliphatic hydroxyl groups excluding tert-OH is 3. The quantitative estimate of drug-likeness (QED) is 0.310. The van der Waals surface area contributed by atoms with Gasteiger partial charge in [0.05, 0.1) is 19.3 Å². The molecule has 0 saturated carbocycles. The topological polar surface area (TPSA) is 101 Å². The molecule has 0 rings (SSSR count). The number of carbonyl (C=O) groups excluding carboxylic acids is 2. The Labute approximate surface area is 183 Å². The molecule has 178 valence electrons. The number of rotatable bonds is 18.